The largest absolute Gasteiger partial charge is 0.462 e. The number of aliphatic hydroxyl groups is 4. The van der Waals surface area contributed by atoms with E-state index in [4.69, 9.17) is 18.9 Å². The van der Waals surface area contributed by atoms with E-state index in [1.807, 2.05) is 36.5 Å². The number of carbonyl (C=O) groups excluding carboxylic acids is 2. The quantitative estimate of drug-likeness (QED) is 0.0206. The van der Waals surface area contributed by atoms with Gasteiger partial charge in [0.1, 0.15) is 31.0 Å². The predicted molar refractivity (Wildman–Crippen MR) is 247 cm³/mol. The van der Waals surface area contributed by atoms with E-state index in [-0.39, 0.29) is 26.1 Å². The Balaban J connectivity index is 2.37. The van der Waals surface area contributed by atoms with E-state index in [0.717, 1.165) is 64.2 Å². The van der Waals surface area contributed by atoms with Crippen LogP contribution >= 0.6 is 0 Å². The molecule has 0 saturated carbocycles. The van der Waals surface area contributed by atoms with Gasteiger partial charge in [0.15, 0.2) is 12.4 Å². The number of ether oxygens (including phenoxy) is 4. The minimum absolute atomic E-state index is 0.186. The van der Waals surface area contributed by atoms with Crippen LogP contribution < -0.4 is 0 Å². The Labute approximate surface area is 368 Å². The second kappa shape index (κ2) is 40.7. The van der Waals surface area contributed by atoms with Crippen molar-refractivity contribution in [2.75, 3.05) is 19.8 Å². The highest BCUT2D eigenvalue weighted by atomic mass is 16.7. The van der Waals surface area contributed by atoms with Crippen LogP contribution in [0.4, 0.5) is 0 Å². The molecule has 1 heterocycles. The van der Waals surface area contributed by atoms with Crippen molar-refractivity contribution in [3.05, 3.63) is 97.2 Å². The lowest BCUT2D eigenvalue weighted by Crippen LogP contribution is -2.59. The Hall–Kier alpha value is -3.38. The molecule has 61 heavy (non-hydrogen) atoms. The van der Waals surface area contributed by atoms with Gasteiger partial charge in [0.25, 0.3) is 0 Å². The third kappa shape index (κ3) is 32.0. The molecule has 1 aliphatic heterocycles. The molecule has 0 aromatic heterocycles. The van der Waals surface area contributed by atoms with Gasteiger partial charge in [-0.1, -0.05) is 169 Å². The molecule has 1 aliphatic rings. The van der Waals surface area contributed by atoms with Gasteiger partial charge in [-0.15, -0.1) is 0 Å². The smallest absolute Gasteiger partial charge is 0.306 e. The van der Waals surface area contributed by atoms with Crippen molar-refractivity contribution >= 4 is 11.9 Å². The summed E-state index contributed by atoms with van der Waals surface area (Å²) in [6, 6.07) is 0. The highest BCUT2D eigenvalue weighted by molar-refractivity contribution is 5.70. The van der Waals surface area contributed by atoms with Crippen molar-refractivity contribution < 1.29 is 49.0 Å². The van der Waals surface area contributed by atoms with Crippen LogP contribution in [0, 0.1) is 0 Å². The van der Waals surface area contributed by atoms with Crippen LogP contribution in [-0.2, 0) is 28.5 Å². The molecule has 10 nitrogen and oxygen atoms in total. The number of allylic oxidation sites excluding steroid dienone is 16. The van der Waals surface area contributed by atoms with E-state index >= 15 is 0 Å². The molecule has 0 aromatic carbocycles. The number of rotatable bonds is 37. The third-order valence-electron chi connectivity index (χ3n) is 10.0. The molecule has 1 saturated heterocycles. The van der Waals surface area contributed by atoms with Gasteiger partial charge >= 0.3 is 11.9 Å². The van der Waals surface area contributed by atoms with Crippen molar-refractivity contribution in [3.63, 3.8) is 0 Å². The molecule has 0 amide bonds. The van der Waals surface area contributed by atoms with Gasteiger partial charge in [0, 0.05) is 12.8 Å². The standard InChI is InChI=1S/C51H82O10/c1-3-5-7-9-11-13-15-17-19-20-21-22-23-24-26-27-29-31-33-35-37-39-46(53)58-42-44(43-59-51-50(57)49(56)48(55)45(41-52)61-51)60-47(54)40-38-36-34-32-30-28-25-18-16-14-12-10-8-6-4-2/h6,8,10,12,14,16,18-20,22-23,25-27,31,33,44-45,48-52,55-57H,3-5,7,9,11,13,15,17,21,24,28-30,32,34-43H2,1-2H3/b8-6+,12-10+,16-14+,20-19+,23-22+,25-18+,27-26+,33-31+/t44-,45-,48+,49?,50?,51-/m0/s1. The number of aliphatic hydroxyl groups excluding tert-OH is 4. The van der Waals surface area contributed by atoms with E-state index < -0.39 is 55.4 Å². The molecule has 1 fully saturated rings. The van der Waals surface area contributed by atoms with E-state index in [1.54, 1.807) is 0 Å². The van der Waals surface area contributed by atoms with E-state index in [9.17, 15) is 30.0 Å². The van der Waals surface area contributed by atoms with Crippen molar-refractivity contribution in [2.24, 2.45) is 0 Å². The summed E-state index contributed by atoms with van der Waals surface area (Å²) < 4.78 is 22.1. The van der Waals surface area contributed by atoms with Crippen LogP contribution in [0.1, 0.15) is 155 Å². The zero-order valence-electron chi connectivity index (χ0n) is 37.6. The summed E-state index contributed by atoms with van der Waals surface area (Å²) in [7, 11) is 0. The van der Waals surface area contributed by atoms with E-state index in [2.05, 4.69) is 74.6 Å². The first-order valence-electron chi connectivity index (χ1n) is 23.4. The molecule has 1 rings (SSSR count). The lowest BCUT2D eigenvalue weighted by atomic mass is 9.99. The number of carbonyl (C=O) groups is 2. The molecular formula is C51H82O10. The van der Waals surface area contributed by atoms with Crippen LogP contribution in [0.25, 0.3) is 0 Å². The molecule has 0 aliphatic carbocycles. The fourth-order valence-corrected chi connectivity index (χ4v) is 6.37. The molecule has 346 valence electrons. The van der Waals surface area contributed by atoms with Crippen molar-refractivity contribution in [3.8, 4) is 0 Å². The first kappa shape index (κ1) is 55.6. The van der Waals surface area contributed by atoms with Gasteiger partial charge in [-0.2, -0.15) is 0 Å². The molecule has 6 atom stereocenters. The van der Waals surface area contributed by atoms with Gasteiger partial charge in [-0.3, -0.25) is 9.59 Å². The Morgan fingerprint density at radius 3 is 1.66 bits per heavy atom. The molecule has 10 heteroatoms. The lowest BCUT2D eigenvalue weighted by Gasteiger charge is -2.39. The van der Waals surface area contributed by atoms with Gasteiger partial charge in [0.2, 0.25) is 0 Å². The summed E-state index contributed by atoms with van der Waals surface area (Å²) in [4.78, 5) is 25.3. The Kier molecular flexibility index (Phi) is 37.1. The maximum absolute atomic E-state index is 12.8. The Bertz CT molecular complexity index is 1310. The number of hydrogen-bond acceptors (Lipinski definition) is 10. The zero-order valence-corrected chi connectivity index (χ0v) is 37.6. The number of unbranched alkanes of at least 4 members (excludes halogenated alkanes) is 13. The number of esters is 2. The van der Waals surface area contributed by atoms with Crippen molar-refractivity contribution in [1.29, 1.82) is 0 Å². The summed E-state index contributed by atoms with van der Waals surface area (Å²) in [5.41, 5.74) is 0. The maximum Gasteiger partial charge on any atom is 0.306 e. The maximum atomic E-state index is 12.8. The van der Waals surface area contributed by atoms with E-state index in [1.165, 1.54) is 51.4 Å². The SMILES string of the molecule is CC/C=C/C=C/C=C/C=C/CCCCCCCC(=O)O[C@@H](COC(=O)CCC/C=C/C/C=C/C/C=C/C/C=C/CCCCCCCCC)CO[C@H]1O[C@@H](CO)[C@@H](O)C(O)C1O. The molecule has 0 bridgehead atoms. The molecule has 4 N–H and O–H groups in total. The van der Waals surface area contributed by atoms with E-state index in [0.29, 0.717) is 12.8 Å². The van der Waals surface area contributed by atoms with Gasteiger partial charge in [-0.05, 0) is 70.6 Å². The highest BCUT2D eigenvalue weighted by Crippen LogP contribution is 2.22. The summed E-state index contributed by atoms with van der Waals surface area (Å²) >= 11 is 0. The van der Waals surface area contributed by atoms with Gasteiger partial charge < -0.3 is 39.4 Å². The second-order valence-electron chi connectivity index (χ2n) is 15.6. The molecule has 0 spiro atoms. The normalized spacial score (nSPS) is 20.7. The summed E-state index contributed by atoms with van der Waals surface area (Å²) in [6.45, 7) is 3.18. The monoisotopic (exact) mass is 855 g/mol. The van der Waals surface area contributed by atoms with Crippen LogP contribution in [-0.4, -0.2) is 89.0 Å². The number of hydrogen-bond donors (Lipinski definition) is 4. The zero-order chi connectivity index (χ0) is 44.4. The topological polar surface area (TPSA) is 152 Å². The van der Waals surface area contributed by atoms with Gasteiger partial charge in [-0.25, -0.2) is 0 Å². The third-order valence-corrected chi connectivity index (χ3v) is 10.0. The molecule has 2 unspecified atom stereocenters. The van der Waals surface area contributed by atoms with Crippen molar-refractivity contribution in [2.45, 2.75) is 192 Å². The van der Waals surface area contributed by atoms with Crippen LogP contribution in [0.15, 0.2) is 97.2 Å². The lowest BCUT2D eigenvalue weighted by molar-refractivity contribution is -0.305. The summed E-state index contributed by atoms with van der Waals surface area (Å²) in [5.74, 6) is -0.909. The van der Waals surface area contributed by atoms with Crippen LogP contribution in [0.2, 0.25) is 0 Å². The molecule has 0 aromatic rings. The van der Waals surface area contributed by atoms with Crippen LogP contribution in [0.3, 0.4) is 0 Å². The fourth-order valence-electron chi connectivity index (χ4n) is 6.37. The Morgan fingerprint density at radius 1 is 0.541 bits per heavy atom. The minimum atomic E-state index is -1.61. The second-order valence-corrected chi connectivity index (χ2v) is 15.6. The minimum Gasteiger partial charge on any atom is -0.462 e. The summed E-state index contributed by atoms with van der Waals surface area (Å²) in [5, 5.41) is 40.1. The average Bonchev–Trinajstić information content (AvgIpc) is 3.26. The predicted octanol–water partition coefficient (Wildman–Crippen LogP) is 10.3. The van der Waals surface area contributed by atoms with Crippen LogP contribution in [0.5, 0.6) is 0 Å². The molecule has 0 radical (unpaired) electrons. The van der Waals surface area contributed by atoms with Crippen molar-refractivity contribution in [1.82, 2.24) is 0 Å². The summed E-state index contributed by atoms with van der Waals surface area (Å²) in [6.07, 6.45) is 47.0. The molecular weight excluding hydrogens is 773 g/mol. The Morgan fingerprint density at radius 2 is 1.05 bits per heavy atom. The first-order chi connectivity index (χ1) is 29.8. The average molecular weight is 855 g/mol. The van der Waals surface area contributed by atoms with Gasteiger partial charge in [0.05, 0.1) is 13.2 Å². The highest BCUT2D eigenvalue weighted by Gasteiger charge is 2.44. The first-order valence-corrected chi connectivity index (χ1v) is 23.4. The fraction of sp³-hybridized carbons (Fsp3) is 0.647.